The van der Waals surface area contributed by atoms with Gasteiger partial charge in [0.25, 0.3) is 0 Å². The van der Waals surface area contributed by atoms with Crippen LogP contribution in [-0.4, -0.2) is 23.0 Å². The molecule has 4 saturated carbocycles. The lowest BCUT2D eigenvalue weighted by Gasteiger charge is -2.59. The predicted octanol–water partition coefficient (Wildman–Crippen LogP) is 4.21. The van der Waals surface area contributed by atoms with Gasteiger partial charge in [0.15, 0.2) is 0 Å². The van der Waals surface area contributed by atoms with Crippen molar-refractivity contribution in [3.63, 3.8) is 0 Å². The van der Waals surface area contributed by atoms with E-state index in [0.717, 1.165) is 17.8 Å². The van der Waals surface area contributed by atoms with E-state index in [9.17, 15) is 14.7 Å². The highest BCUT2D eigenvalue weighted by Crippen LogP contribution is 2.61. The van der Waals surface area contributed by atoms with E-state index in [1.165, 1.54) is 38.5 Å². The molecule has 5 nitrogen and oxygen atoms in total. The molecule has 0 spiro atoms. The Morgan fingerprint density at radius 1 is 0.931 bits per heavy atom. The van der Waals surface area contributed by atoms with Gasteiger partial charge in [0.05, 0.1) is 0 Å². The van der Waals surface area contributed by atoms with Crippen molar-refractivity contribution in [1.82, 2.24) is 5.32 Å². The van der Waals surface area contributed by atoms with E-state index < -0.39 is 11.8 Å². The first kappa shape index (κ1) is 18.5. The molecule has 5 heteroatoms. The zero-order valence-corrected chi connectivity index (χ0v) is 16.8. The van der Waals surface area contributed by atoms with E-state index in [1.807, 2.05) is 6.07 Å². The number of aromatic hydroxyl groups is 1. The fourth-order valence-electron chi connectivity index (χ4n) is 6.70. The van der Waals surface area contributed by atoms with Crippen molar-refractivity contribution >= 4 is 28.3 Å². The van der Waals surface area contributed by atoms with Gasteiger partial charge < -0.3 is 15.7 Å². The number of carbonyl (C=O) groups is 2. The van der Waals surface area contributed by atoms with Gasteiger partial charge in [-0.15, -0.1) is 0 Å². The van der Waals surface area contributed by atoms with Crippen molar-refractivity contribution < 1.29 is 14.7 Å². The molecule has 152 valence electrons. The molecule has 0 radical (unpaired) electrons. The van der Waals surface area contributed by atoms with Gasteiger partial charge in [0.1, 0.15) is 5.75 Å². The van der Waals surface area contributed by atoms with Crippen LogP contribution >= 0.6 is 0 Å². The van der Waals surface area contributed by atoms with Crippen LogP contribution < -0.4 is 10.6 Å². The summed E-state index contributed by atoms with van der Waals surface area (Å²) in [5, 5.41) is 17.1. The molecular weight excluding hydrogens is 364 g/mol. The molecule has 4 bridgehead atoms. The zero-order chi connectivity index (χ0) is 20.2. The largest absolute Gasteiger partial charge is 0.507 e. The number of rotatable bonds is 3. The van der Waals surface area contributed by atoms with E-state index in [0.29, 0.717) is 16.5 Å². The van der Waals surface area contributed by atoms with Crippen molar-refractivity contribution in [2.75, 3.05) is 5.32 Å². The Kier molecular flexibility index (Phi) is 4.30. The third kappa shape index (κ3) is 3.17. The highest BCUT2D eigenvalue weighted by molar-refractivity contribution is 6.40. The molecule has 0 aliphatic heterocycles. The number of hydrogen-bond acceptors (Lipinski definition) is 3. The van der Waals surface area contributed by atoms with Crippen LogP contribution in [0.4, 0.5) is 5.69 Å². The first-order valence-electron chi connectivity index (χ1n) is 10.8. The highest BCUT2D eigenvalue weighted by atomic mass is 16.3. The molecule has 2 aromatic carbocycles. The number of phenols is 1. The van der Waals surface area contributed by atoms with Crippen LogP contribution in [0.25, 0.3) is 10.8 Å². The second kappa shape index (κ2) is 6.75. The molecule has 0 heterocycles. The number of nitrogens with one attached hydrogen (secondary N) is 2. The lowest BCUT2D eigenvalue weighted by atomic mass is 9.48. The fourth-order valence-corrected chi connectivity index (χ4v) is 6.70. The number of hydrogen-bond donors (Lipinski definition) is 3. The van der Waals surface area contributed by atoms with Crippen LogP contribution in [0.1, 0.15) is 45.4 Å². The lowest BCUT2D eigenvalue weighted by molar-refractivity contribution is -0.138. The van der Waals surface area contributed by atoms with Crippen molar-refractivity contribution in [3.05, 3.63) is 36.4 Å². The Morgan fingerprint density at radius 3 is 2.17 bits per heavy atom. The predicted molar refractivity (Wildman–Crippen MR) is 112 cm³/mol. The summed E-state index contributed by atoms with van der Waals surface area (Å²) in [5.74, 6) is 1.33. The van der Waals surface area contributed by atoms with Crippen LogP contribution in [0.5, 0.6) is 5.75 Å². The number of carbonyl (C=O) groups excluding carboxylic acids is 2. The highest BCUT2D eigenvalue weighted by Gasteiger charge is 2.53. The van der Waals surface area contributed by atoms with E-state index in [4.69, 9.17) is 0 Å². The Morgan fingerprint density at radius 2 is 1.52 bits per heavy atom. The van der Waals surface area contributed by atoms with Gasteiger partial charge in [0.2, 0.25) is 0 Å². The maximum atomic E-state index is 12.7. The van der Waals surface area contributed by atoms with Gasteiger partial charge in [-0.2, -0.15) is 0 Å². The van der Waals surface area contributed by atoms with Crippen molar-refractivity contribution in [1.29, 1.82) is 0 Å². The summed E-state index contributed by atoms with van der Waals surface area (Å²) in [4.78, 5) is 25.3. The van der Waals surface area contributed by atoms with E-state index in [1.54, 1.807) is 30.3 Å². The van der Waals surface area contributed by atoms with E-state index in [2.05, 4.69) is 17.6 Å². The summed E-state index contributed by atoms with van der Waals surface area (Å²) >= 11 is 0. The summed E-state index contributed by atoms with van der Waals surface area (Å²) in [6.45, 7) is 2.08. The second-order valence-electron chi connectivity index (χ2n) is 9.61. The molecule has 2 amide bonds. The number of phenolic OH excluding ortho intramolecular Hbond substituents is 1. The molecule has 0 saturated heterocycles. The monoisotopic (exact) mass is 392 g/mol. The van der Waals surface area contributed by atoms with Crippen LogP contribution in [0, 0.1) is 23.2 Å². The van der Waals surface area contributed by atoms with Crippen molar-refractivity contribution in [2.24, 2.45) is 23.2 Å². The Labute approximate surface area is 170 Å². The average molecular weight is 392 g/mol. The third-order valence-electron chi connectivity index (χ3n) is 7.71. The Balaban J connectivity index is 1.29. The minimum Gasteiger partial charge on any atom is -0.507 e. The summed E-state index contributed by atoms with van der Waals surface area (Å²) in [6.07, 6.45) is 7.62. The van der Waals surface area contributed by atoms with Gasteiger partial charge >= 0.3 is 11.8 Å². The van der Waals surface area contributed by atoms with Gasteiger partial charge in [0, 0.05) is 22.5 Å². The molecule has 0 aromatic heterocycles. The maximum absolute atomic E-state index is 12.7. The van der Waals surface area contributed by atoms with Gasteiger partial charge in [-0.05, 0) is 80.8 Å². The summed E-state index contributed by atoms with van der Waals surface area (Å²) in [7, 11) is 0. The molecular formula is C24H28N2O3. The molecule has 4 aliphatic carbocycles. The van der Waals surface area contributed by atoms with Crippen LogP contribution in [0.3, 0.4) is 0 Å². The Hall–Kier alpha value is -2.56. The summed E-state index contributed by atoms with van der Waals surface area (Å²) in [5.41, 5.74) is 0.691. The molecule has 29 heavy (non-hydrogen) atoms. The zero-order valence-electron chi connectivity index (χ0n) is 16.8. The smallest absolute Gasteiger partial charge is 0.313 e. The maximum Gasteiger partial charge on any atom is 0.313 e. The average Bonchev–Trinajstić information content (AvgIpc) is 2.67. The number of benzene rings is 2. The second-order valence-corrected chi connectivity index (χ2v) is 9.61. The van der Waals surface area contributed by atoms with Crippen LogP contribution in [-0.2, 0) is 9.59 Å². The first-order chi connectivity index (χ1) is 13.9. The third-order valence-corrected chi connectivity index (χ3v) is 7.71. The molecule has 4 fully saturated rings. The van der Waals surface area contributed by atoms with Gasteiger partial charge in [-0.25, -0.2) is 0 Å². The first-order valence-corrected chi connectivity index (χ1v) is 10.8. The van der Waals surface area contributed by atoms with Gasteiger partial charge in [-0.1, -0.05) is 24.3 Å². The summed E-state index contributed by atoms with van der Waals surface area (Å²) in [6, 6.07) is 10.4. The molecule has 1 unspecified atom stereocenters. The number of fused-ring (bicyclic) bond motifs is 1. The summed E-state index contributed by atoms with van der Waals surface area (Å²) < 4.78 is 0. The number of anilines is 1. The quantitative estimate of drug-likeness (QED) is 0.685. The SMILES string of the molecule is CC(NC(=O)C(=O)Nc1cccc2c(O)cccc12)C12CC3CC(CC(C3)C1)C2. The fraction of sp³-hybridized carbons (Fsp3) is 0.500. The molecule has 2 aromatic rings. The molecule has 4 aliphatic rings. The minimum absolute atomic E-state index is 0.00529. The minimum atomic E-state index is -0.655. The lowest BCUT2D eigenvalue weighted by Crippen LogP contribution is -2.57. The van der Waals surface area contributed by atoms with Crippen LogP contribution in [0.15, 0.2) is 36.4 Å². The van der Waals surface area contributed by atoms with E-state index >= 15 is 0 Å². The van der Waals surface area contributed by atoms with E-state index in [-0.39, 0.29) is 17.2 Å². The topological polar surface area (TPSA) is 78.4 Å². The van der Waals surface area contributed by atoms with Gasteiger partial charge in [-0.3, -0.25) is 9.59 Å². The van der Waals surface area contributed by atoms with Crippen molar-refractivity contribution in [2.45, 2.75) is 51.5 Å². The number of amides is 2. The van der Waals surface area contributed by atoms with Crippen molar-refractivity contribution in [3.8, 4) is 5.75 Å². The molecule has 6 rings (SSSR count). The molecule has 3 N–H and O–H groups in total. The molecule has 1 atom stereocenters. The standard InChI is InChI=1S/C24H28N2O3/c1-14(24-11-15-8-16(12-24)10-17(9-15)13-24)25-22(28)23(29)26-20-6-2-5-19-18(20)4-3-7-21(19)27/h2-7,14-17,27H,8-13H2,1H3,(H,25,28)(H,26,29). The normalized spacial score (nSPS) is 30.9. The van der Waals surface area contributed by atoms with Crippen LogP contribution in [0.2, 0.25) is 0 Å². The Bertz CT molecular complexity index is 948.